The maximum absolute atomic E-state index is 12.3. The number of aryl methyl sites for hydroxylation is 2. The van der Waals surface area contributed by atoms with Crippen LogP contribution in [-0.2, 0) is 14.2 Å². The Kier molecular flexibility index (Phi) is 6.08. The van der Waals surface area contributed by atoms with Gasteiger partial charge in [0.1, 0.15) is 18.8 Å². The van der Waals surface area contributed by atoms with Gasteiger partial charge in [-0.1, -0.05) is 35.4 Å². The van der Waals surface area contributed by atoms with Crippen molar-refractivity contribution in [2.45, 2.75) is 38.4 Å². The number of carbonyl (C=O) groups is 2. The molecule has 148 valence electrons. The number of hydrogen-bond donors (Lipinski definition) is 2. The highest BCUT2D eigenvalue weighted by Gasteiger charge is 2.46. The molecule has 1 saturated heterocycles. The summed E-state index contributed by atoms with van der Waals surface area (Å²) < 4.78 is 15.7. The number of aliphatic hydroxyl groups excluding tert-OH is 2. The summed E-state index contributed by atoms with van der Waals surface area (Å²) in [5.74, 6) is -1.25. The zero-order valence-corrected chi connectivity index (χ0v) is 15.6. The van der Waals surface area contributed by atoms with Crippen LogP contribution in [0.2, 0.25) is 0 Å². The predicted molar refractivity (Wildman–Crippen MR) is 98.7 cm³/mol. The molecule has 2 N–H and O–H groups in total. The molecule has 0 aliphatic carbocycles. The molecular weight excluding hydrogens is 364 g/mol. The zero-order chi connectivity index (χ0) is 20.3. The molecular formula is C21H22O7. The summed E-state index contributed by atoms with van der Waals surface area (Å²) in [4.78, 5) is 24.5. The van der Waals surface area contributed by atoms with E-state index in [-0.39, 0.29) is 6.61 Å². The van der Waals surface area contributed by atoms with Gasteiger partial charge in [0.15, 0.2) is 12.4 Å². The lowest BCUT2D eigenvalue weighted by molar-refractivity contribution is -0.133. The van der Waals surface area contributed by atoms with E-state index >= 15 is 0 Å². The molecule has 1 fully saturated rings. The molecule has 7 heteroatoms. The number of esters is 2. The van der Waals surface area contributed by atoms with Crippen LogP contribution in [0.25, 0.3) is 0 Å². The smallest absolute Gasteiger partial charge is 0.338 e. The van der Waals surface area contributed by atoms with Gasteiger partial charge in [-0.3, -0.25) is 0 Å². The van der Waals surface area contributed by atoms with Crippen molar-refractivity contribution < 1.29 is 34.0 Å². The maximum atomic E-state index is 12.3. The van der Waals surface area contributed by atoms with Crippen molar-refractivity contribution in [2.24, 2.45) is 0 Å². The van der Waals surface area contributed by atoms with Crippen LogP contribution in [0.3, 0.4) is 0 Å². The fourth-order valence-electron chi connectivity index (χ4n) is 2.81. The minimum Gasteiger partial charge on any atom is -0.459 e. The average molecular weight is 386 g/mol. The molecule has 2 aromatic carbocycles. The fourth-order valence-corrected chi connectivity index (χ4v) is 2.81. The minimum atomic E-state index is -1.54. The molecule has 7 nitrogen and oxygen atoms in total. The summed E-state index contributed by atoms with van der Waals surface area (Å²) in [5, 5.41) is 19.9. The van der Waals surface area contributed by atoms with Crippen molar-refractivity contribution in [1.82, 2.24) is 0 Å². The van der Waals surface area contributed by atoms with E-state index in [9.17, 15) is 19.8 Å². The van der Waals surface area contributed by atoms with Gasteiger partial charge in [0.2, 0.25) is 0 Å². The van der Waals surface area contributed by atoms with Crippen molar-refractivity contribution in [2.75, 3.05) is 6.61 Å². The molecule has 0 bridgehead atoms. The third-order valence-corrected chi connectivity index (χ3v) is 4.51. The summed E-state index contributed by atoms with van der Waals surface area (Å²) >= 11 is 0. The number of rotatable bonds is 5. The Balaban J connectivity index is 1.63. The van der Waals surface area contributed by atoms with Gasteiger partial charge in [-0.25, -0.2) is 9.59 Å². The molecule has 0 saturated carbocycles. The van der Waals surface area contributed by atoms with Gasteiger partial charge in [-0.05, 0) is 38.1 Å². The fraction of sp³-hybridized carbons (Fsp3) is 0.333. The third kappa shape index (κ3) is 4.56. The Hall–Kier alpha value is -2.74. The van der Waals surface area contributed by atoms with Crippen molar-refractivity contribution in [3.8, 4) is 0 Å². The summed E-state index contributed by atoms with van der Waals surface area (Å²) in [6, 6.07) is 13.5. The standard InChI is InChI=1S/C21H22O7/c1-12-3-7-14(8-4-12)19(23)26-11-16-18(17(22)21(25)27-16)28-20(24)15-9-5-13(2)6-10-15/h3-10,16-18,21-22,25H,11H2,1-2H3/t16?,17-,18-,21-/m0/s1. The van der Waals surface area contributed by atoms with Crippen LogP contribution in [0.1, 0.15) is 31.8 Å². The van der Waals surface area contributed by atoms with Gasteiger partial charge in [-0.15, -0.1) is 0 Å². The van der Waals surface area contributed by atoms with Crippen molar-refractivity contribution in [3.05, 3.63) is 70.8 Å². The van der Waals surface area contributed by atoms with Gasteiger partial charge in [0, 0.05) is 0 Å². The SMILES string of the molecule is Cc1ccc(C(=O)OCC2O[C@H](O)[C@@H](O)[C@H]2OC(=O)c2ccc(C)cc2)cc1. The largest absolute Gasteiger partial charge is 0.459 e. The quantitative estimate of drug-likeness (QED) is 0.755. The molecule has 28 heavy (non-hydrogen) atoms. The van der Waals surface area contributed by atoms with Gasteiger partial charge < -0.3 is 24.4 Å². The lowest BCUT2D eigenvalue weighted by Gasteiger charge is -2.20. The highest BCUT2D eigenvalue weighted by molar-refractivity contribution is 5.90. The van der Waals surface area contributed by atoms with E-state index in [0.717, 1.165) is 11.1 Å². The first-order valence-electron chi connectivity index (χ1n) is 8.88. The van der Waals surface area contributed by atoms with E-state index < -0.39 is 36.5 Å². The van der Waals surface area contributed by atoms with Gasteiger partial charge >= 0.3 is 11.9 Å². The third-order valence-electron chi connectivity index (χ3n) is 4.51. The lowest BCUT2D eigenvalue weighted by Crippen LogP contribution is -2.39. The summed E-state index contributed by atoms with van der Waals surface area (Å²) in [7, 11) is 0. The predicted octanol–water partition coefficient (Wildman–Crippen LogP) is 1.76. The first-order chi connectivity index (χ1) is 13.3. The monoisotopic (exact) mass is 386 g/mol. The zero-order valence-electron chi connectivity index (χ0n) is 15.6. The van der Waals surface area contributed by atoms with E-state index in [0.29, 0.717) is 11.1 Å². The highest BCUT2D eigenvalue weighted by atomic mass is 16.7. The molecule has 1 unspecified atom stereocenters. The average Bonchev–Trinajstić information content (AvgIpc) is 2.95. The molecule has 3 rings (SSSR count). The van der Waals surface area contributed by atoms with Gasteiger partial charge in [-0.2, -0.15) is 0 Å². The molecule has 2 aromatic rings. The minimum absolute atomic E-state index is 0.285. The second kappa shape index (κ2) is 8.52. The first kappa shape index (κ1) is 20.0. The first-order valence-corrected chi connectivity index (χ1v) is 8.88. The number of hydrogen-bond acceptors (Lipinski definition) is 7. The second-order valence-electron chi connectivity index (χ2n) is 6.76. The molecule has 0 amide bonds. The summed E-state index contributed by atoms with van der Waals surface area (Å²) in [5.41, 5.74) is 2.65. The van der Waals surface area contributed by atoms with Crippen LogP contribution < -0.4 is 0 Å². The van der Waals surface area contributed by atoms with E-state index in [1.807, 2.05) is 13.8 Å². The second-order valence-corrected chi connectivity index (χ2v) is 6.76. The Bertz CT molecular complexity index is 829. The summed E-state index contributed by atoms with van der Waals surface area (Å²) in [6.45, 7) is 3.50. The molecule has 0 radical (unpaired) electrons. The normalized spacial score (nSPS) is 24.0. The Morgan fingerprint density at radius 1 is 0.893 bits per heavy atom. The van der Waals surface area contributed by atoms with Crippen molar-refractivity contribution >= 4 is 11.9 Å². The topological polar surface area (TPSA) is 102 Å². The van der Waals surface area contributed by atoms with Crippen molar-refractivity contribution in [1.29, 1.82) is 0 Å². The molecule has 0 spiro atoms. The van der Waals surface area contributed by atoms with Gasteiger partial charge in [0.05, 0.1) is 11.1 Å². The van der Waals surface area contributed by atoms with Crippen LogP contribution in [0.4, 0.5) is 0 Å². The van der Waals surface area contributed by atoms with Crippen LogP contribution in [0.5, 0.6) is 0 Å². The number of ether oxygens (including phenoxy) is 3. The maximum Gasteiger partial charge on any atom is 0.338 e. The molecule has 1 heterocycles. The molecule has 1 aliphatic rings. The Morgan fingerprint density at radius 3 is 1.93 bits per heavy atom. The summed E-state index contributed by atoms with van der Waals surface area (Å²) in [6.07, 6.45) is -5.15. The number of benzene rings is 2. The van der Waals surface area contributed by atoms with E-state index in [1.165, 1.54) is 0 Å². The molecule has 0 aromatic heterocycles. The molecule has 4 atom stereocenters. The Morgan fingerprint density at radius 2 is 1.39 bits per heavy atom. The van der Waals surface area contributed by atoms with Crippen LogP contribution in [-0.4, -0.2) is 53.4 Å². The van der Waals surface area contributed by atoms with E-state index in [2.05, 4.69) is 0 Å². The van der Waals surface area contributed by atoms with Crippen molar-refractivity contribution in [3.63, 3.8) is 0 Å². The van der Waals surface area contributed by atoms with Crippen LogP contribution in [0, 0.1) is 13.8 Å². The van der Waals surface area contributed by atoms with Crippen LogP contribution in [0.15, 0.2) is 48.5 Å². The number of carbonyl (C=O) groups excluding carboxylic acids is 2. The van der Waals surface area contributed by atoms with Gasteiger partial charge in [0.25, 0.3) is 0 Å². The Labute approximate surface area is 162 Å². The molecule has 1 aliphatic heterocycles. The lowest BCUT2D eigenvalue weighted by atomic mass is 10.1. The number of aliphatic hydroxyl groups is 2. The van der Waals surface area contributed by atoms with Crippen LogP contribution >= 0.6 is 0 Å². The highest BCUT2D eigenvalue weighted by Crippen LogP contribution is 2.24. The van der Waals surface area contributed by atoms with E-state index in [1.54, 1.807) is 48.5 Å². The van der Waals surface area contributed by atoms with E-state index in [4.69, 9.17) is 14.2 Å².